The fourth-order valence-electron chi connectivity index (χ4n) is 3.44. The first-order chi connectivity index (χ1) is 14.3. The summed E-state index contributed by atoms with van der Waals surface area (Å²) in [5, 5.41) is 10.4. The minimum absolute atomic E-state index is 0. The van der Waals surface area contributed by atoms with Gasteiger partial charge in [-0.05, 0) is 32.1 Å². The van der Waals surface area contributed by atoms with Crippen LogP contribution in [0.2, 0.25) is 0 Å². The lowest BCUT2D eigenvalue weighted by Gasteiger charge is -2.33. The van der Waals surface area contributed by atoms with Gasteiger partial charge in [-0.15, -0.1) is 24.8 Å². The summed E-state index contributed by atoms with van der Waals surface area (Å²) in [6.07, 6.45) is 3.57. The zero-order valence-electron chi connectivity index (χ0n) is 19.1. The average molecular weight is 499 g/mol. The molecule has 0 unspecified atom stereocenters. The highest BCUT2D eigenvalue weighted by molar-refractivity contribution is 5.88. The van der Waals surface area contributed by atoms with Crippen molar-refractivity contribution >= 4 is 48.6 Å². The van der Waals surface area contributed by atoms with Crippen molar-refractivity contribution in [3.05, 3.63) is 0 Å². The highest BCUT2D eigenvalue weighted by atomic mass is 35.5. The molecule has 0 radical (unpaired) electrons. The highest BCUT2D eigenvalue weighted by Crippen LogP contribution is 2.15. The number of carbonyl (C=O) groups is 3. The van der Waals surface area contributed by atoms with Crippen LogP contribution in [-0.4, -0.2) is 78.9 Å². The number of piperidine rings is 1. The Morgan fingerprint density at radius 2 is 1.94 bits per heavy atom. The van der Waals surface area contributed by atoms with Crippen LogP contribution >= 0.6 is 24.8 Å². The topological polar surface area (TPSA) is 155 Å². The van der Waals surface area contributed by atoms with Crippen molar-refractivity contribution in [2.24, 2.45) is 17.4 Å². The summed E-state index contributed by atoms with van der Waals surface area (Å²) in [5.41, 5.74) is 11.5. The number of hydrogen-bond donors (Lipinski definition) is 4. The Balaban J connectivity index is 0. The zero-order chi connectivity index (χ0) is 22.5. The number of ether oxygens (including phenoxy) is 1. The number of amides is 2. The number of nitrogens with zero attached hydrogens (tertiary/aromatic N) is 2. The van der Waals surface area contributed by atoms with Gasteiger partial charge in [0.2, 0.25) is 11.8 Å². The molecule has 1 aliphatic rings. The van der Waals surface area contributed by atoms with E-state index in [0.29, 0.717) is 26.2 Å². The lowest BCUT2D eigenvalue weighted by atomic mass is 9.98. The lowest BCUT2D eigenvalue weighted by Crippen LogP contribution is -2.48. The van der Waals surface area contributed by atoms with Gasteiger partial charge >= 0.3 is 5.97 Å². The number of nitrogens with two attached hydrogens (primary N) is 2. The Labute approximate surface area is 203 Å². The van der Waals surface area contributed by atoms with E-state index in [1.54, 1.807) is 16.7 Å². The highest BCUT2D eigenvalue weighted by Gasteiger charge is 2.25. The van der Waals surface area contributed by atoms with Gasteiger partial charge in [0.05, 0.1) is 25.5 Å². The van der Waals surface area contributed by atoms with Crippen LogP contribution in [0.4, 0.5) is 0 Å². The van der Waals surface area contributed by atoms with Crippen molar-refractivity contribution in [3.8, 4) is 0 Å². The zero-order valence-corrected chi connectivity index (χ0v) is 20.8. The van der Waals surface area contributed by atoms with Gasteiger partial charge in [0.25, 0.3) is 0 Å². The first-order valence-corrected chi connectivity index (χ1v) is 10.8. The maximum atomic E-state index is 12.7. The number of likely N-dealkylation sites (tertiary alicyclic amines) is 1. The van der Waals surface area contributed by atoms with Crippen LogP contribution in [0.5, 0.6) is 0 Å². The largest absolute Gasteiger partial charge is 0.466 e. The van der Waals surface area contributed by atoms with E-state index in [2.05, 4.69) is 5.32 Å². The molecule has 1 fully saturated rings. The molecule has 12 heteroatoms. The van der Waals surface area contributed by atoms with Gasteiger partial charge in [-0.2, -0.15) is 0 Å². The van der Waals surface area contributed by atoms with Crippen molar-refractivity contribution in [2.45, 2.75) is 58.4 Å². The van der Waals surface area contributed by atoms with Crippen LogP contribution in [0.15, 0.2) is 0 Å². The molecule has 0 aromatic rings. The van der Waals surface area contributed by atoms with E-state index < -0.39 is 6.04 Å². The fourth-order valence-corrected chi connectivity index (χ4v) is 3.44. The Kier molecular flexibility index (Phi) is 18.0. The molecule has 1 heterocycles. The number of esters is 1. The standard InChI is InChI=1S/C20H38N6O4.2ClH/c1-3-5-9-25(11-8-18(28)30-4-2)19(29)16(21)12-17(27)24-13-15-7-6-10-26(14-15)20(22)23;;/h15-16H,3-14,21H2,1-2H3,(H3,22,23)(H,24,27);2*1H/t15-,16-;;/m0../s1. The third-order valence-corrected chi connectivity index (χ3v) is 5.15. The number of rotatable bonds is 12. The first kappa shape index (κ1) is 32.4. The monoisotopic (exact) mass is 498 g/mol. The van der Waals surface area contributed by atoms with Crippen molar-refractivity contribution in [3.63, 3.8) is 0 Å². The SMILES string of the molecule is CCCCN(CCC(=O)OCC)C(=O)[C@@H](N)CC(=O)NC[C@@H]1CCCN(C(=N)N)C1.Cl.Cl. The Morgan fingerprint density at radius 1 is 1.25 bits per heavy atom. The van der Waals surface area contributed by atoms with E-state index in [0.717, 1.165) is 32.2 Å². The molecule has 0 saturated carbocycles. The van der Waals surface area contributed by atoms with Gasteiger partial charge in [-0.3, -0.25) is 19.8 Å². The van der Waals surface area contributed by atoms with Gasteiger partial charge in [0.1, 0.15) is 0 Å². The van der Waals surface area contributed by atoms with Crippen LogP contribution < -0.4 is 16.8 Å². The van der Waals surface area contributed by atoms with Crippen LogP contribution in [0.3, 0.4) is 0 Å². The molecule has 6 N–H and O–H groups in total. The lowest BCUT2D eigenvalue weighted by molar-refractivity contribution is -0.144. The van der Waals surface area contributed by atoms with Gasteiger partial charge in [-0.1, -0.05) is 13.3 Å². The van der Waals surface area contributed by atoms with Crippen molar-refractivity contribution in [1.82, 2.24) is 15.1 Å². The molecule has 32 heavy (non-hydrogen) atoms. The van der Waals surface area contributed by atoms with Crippen LogP contribution in [-0.2, 0) is 19.1 Å². The molecule has 2 amide bonds. The molecule has 0 spiro atoms. The van der Waals surface area contributed by atoms with E-state index in [1.807, 2.05) is 6.92 Å². The maximum absolute atomic E-state index is 12.7. The summed E-state index contributed by atoms with van der Waals surface area (Å²) in [6, 6.07) is -0.955. The molecule has 2 atom stereocenters. The fraction of sp³-hybridized carbons (Fsp3) is 0.800. The Hall–Kier alpha value is -1.78. The Morgan fingerprint density at radius 3 is 2.53 bits per heavy atom. The van der Waals surface area contributed by atoms with Crippen molar-refractivity contribution < 1.29 is 19.1 Å². The average Bonchev–Trinajstić information content (AvgIpc) is 2.72. The summed E-state index contributed by atoms with van der Waals surface area (Å²) in [4.78, 5) is 39.9. The predicted octanol–water partition coefficient (Wildman–Crippen LogP) is 0.851. The minimum atomic E-state index is -0.955. The molecule has 0 aromatic carbocycles. The number of unbranched alkanes of at least 4 members (excludes halogenated alkanes) is 1. The molecule has 0 bridgehead atoms. The van der Waals surface area contributed by atoms with Crippen LogP contribution in [0, 0.1) is 11.3 Å². The molecule has 1 aliphatic heterocycles. The van der Waals surface area contributed by atoms with E-state index in [4.69, 9.17) is 21.6 Å². The molecular formula is C20H40Cl2N6O4. The summed E-state index contributed by atoms with van der Waals surface area (Å²) in [6.45, 7) is 6.64. The van der Waals surface area contributed by atoms with E-state index in [9.17, 15) is 14.4 Å². The number of hydrogen-bond acceptors (Lipinski definition) is 6. The first-order valence-electron chi connectivity index (χ1n) is 10.8. The smallest absolute Gasteiger partial charge is 0.307 e. The van der Waals surface area contributed by atoms with Crippen molar-refractivity contribution in [2.75, 3.05) is 39.3 Å². The number of nitrogens with one attached hydrogen (secondary N) is 2. The predicted molar refractivity (Wildman–Crippen MR) is 129 cm³/mol. The molecule has 0 aromatic heterocycles. The number of carbonyl (C=O) groups excluding carboxylic acids is 3. The van der Waals surface area contributed by atoms with E-state index in [-0.39, 0.29) is 73.9 Å². The maximum Gasteiger partial charge on any atom is 0.307 e. The quantitative estimate of drug-likeness (QED) is 0.176. The van der Waals surface area contributed by atoms with Crippen molar-refractivity contribution in [1.29, 1.82) is 5.41 Å². The summed E-state index contributed by atoms with van der Waals surface area (Å²) in [5.74, 6) is -0.706. The number of halogens is 2. The summed E-state index contributed by atoms with van der Waals surface area (Å²) >= 11 is 0. The van der Waals surface area contributed by atoms with Crippen LogP contribution in [0.25, 0.3) is 0 Å². The van der Waals surface area contributed by atoms with E-state index in [1.165, 1.54) is 0 Å². The number of guanidine groups is 1. The third kappa shape index (κ3) is 12.3. The molecule has 1 rings (SSSR count). The van der Waals surface area contributed by atoms with Gasteiger partial charge < -0.3 is 31.3 Å². The minimum Gasteiger partial charge on any atom is -0.466 e. The summed E-state index contributed by atoms with van der Waals surface area (Å²) < 4.78 is 4.92. The molecule has 1 saturated heterocycles. The van der Waals surface area contributed by atoms with Gasteiger partial charge in [0, 0.05) is 32.7 Å². The molecule has 188 valence electrons. The summed E-state index contributed by atoms with van der Waals surface area (Å²) in [7, 11) is 0. The Bertz CT molecular complexity index is 596. The van der Waals surface area contributed by atoms with E-state index >= 15 is 0 Å². The normalized spacial score (nSPS) is 16.1. The molecular weight excluding hydrogens is 459 g/mol. The van der Waals surface area contributed by atoms with Crippen LogP contribution in [0.1, 0.15) is 52.4 Å². The second-order valence-corrected chi connectivity index (χ2v) is 7.69. The van der Waals surface area contributed by atoms with Gasteiger partial charge in [-0.25, -0.2) is 0 Å². The third-order valence-electron chi connectivity index (χ3n) is 5.15. The second kappa shape index (κ2) is 17.7. The van der Waals surface area contributed by atoms with Gasteiger partial charge in [0.15, 0.2) is 5.96 Å². The molecule has 0 aliphatic carbocycles. The molecule has 10 nitrogen and oxygen atoms in total. The second-order valence-electron chi connectivity index (χ2n) is 7.69.